The Balaban J connectivity index is 0.00000133. The smallest absolute Gasteiger partial charge is 0.138 e. The minimum absolute atomic E-state index is 0. The van der Waals surface area contributed by atoms with E-state index >= 15 is 0 Å². The molecule has 3 N–H and O–H groups in total. The Labute approximate surface area is 115 Å². The molecule has 0 unspecified atom stereocenters. The van der Waals surface area contributed by atoms with Gasteiger partial charge in [0.1, 0.15) is 17.4 Å². The maximum atomic E-state index is 9.30. The van der Waals surface area contributed by atoms with Gasteiger partial charge in [0.15, 0.2) is 0 Å². The molecule has 3 rings (SSSR count). The lowest BCUT2D eigenvalue weighted by Crippen LogP contribution is -3.00. The van der Waals surface area contributed by atoms with Gasteiger partial charge in [-0.15, -0.1) is 0 Å². The first kappa shape index (κ1) is 12.9. The summed E-state index contributed by atoms with van der Waals surface area (Å²) in [7, 11) is 0. The van der Waals surface area contributed by atoms with Crippen LogP contribution in [-0.2, 0) is 0 Å². The molecule has 19 heavy (non-hydrogen) atoms. The minimum Gasteiger partial charge on any atom is -1.00 e. The van der Waals surface area contributed by atoms with Crippen molar-refractivity contribution in [3.8, 4) is 17.4 Å². The van der Waals surface area contributed by atoms with Crippen molar-refractivity contribution in [2.24, 2.45) is 0 Å². The molecule has 0 amide bonds. The molecule has 2 aliphatic rings. The highest BCUT2D eigenvalue weighted by atomic mass is 35.5. The number of nitrogen functional groups attached to an aromatic ring is 1. The Morgan fingerprint density at radius 2 is 1.95 bits per heavy atom. The molecule has 0 saturated carbocycles. The van der Waals surface area contributed by atoms with Gasteiger partial charge in [0.2, 0.25) is 0 Å². The molecule has 94 valence electrons. The van der Waals surface area contributed by atoms with E-state index in [1.54, 1.807) is 36.4 Å². The molecule has 0 bridgehead atoms. The van der Waals surface area contributed by atoms with E-state index in [9.17, 15) is 5.26 Å². The van der Waals surface area contributed by atoms with Crippen LogP contribution in [-0.4, -0.2) is 0 Å². The summed E-state index contributed by atoms with van der Waals surface area (Å²) in [5, 5.41) is 18.0. The summed E-state index contributed by atoms with van der Waals surface area (Å²) >= 11 is 0. The number of nitrogens with one attached hydrogen (secondary N) is 1. The number of nitrogens with two attached hydrogens (primary N) is 1. The average molecular weight is 271 g/mol. The van der Waals surface area contributed by atoms with Crippen molar-refractivity contribution < 1.29 is 16.8 Å². The second-order valence-corrected chi connectivity index (χ2v) is 4.06. The summed E-state index contributed by atoms with van der Waals surface area (Å²) in [5.74, 6) is 0.525. The van der Waals surface area contributed by atoms with Crippen LogP contribution in [0.4, 0.5) is 5.69 Å². The number of nitrogens with zero attached hydrogens (tertiary/aromatic N) is 1. The van der Waals surface area contributed by atoms with Crippen molar-refractivity contribution in [3.05, 3.63) is 47.3 Å². The number of anilines is 1. The maximum Gasteiger partial charge on any atom is 0.138 e. The predicted molar refractivity (Wildman–Crippen MR) is 67.8 cm³/mol. The third-order valence-corrected chi connectivity index (χ3v) is 2.86. The molecule has 1 aromatic carbocycles. The lowest BCUT2D eigenvalue weighted by Gasteiger charge is -2.10. The number of halogens is 1. The van der Waals surface area contributed by atoms with Gasteiger partial charge in [-0.3, -0.25) is 0 Å². The first-order chi connectivity index (χ1) is 8.69. The van der Waals surface area contributed by atoms with E-state index in [4.69, 9.17) is 15.6 Å². The van der Waals surface area contributed by atoms with Crippen molar-refractivity contribution in [1.29, 1.82) is 10.7 Å². The fourth-order valence-electron chi connectivity index (χ4n) is 2.03. The summed E-state index contributed by atoms with van der Waals surface area (Å²) in [5.41, 5.74) is 8.11. The summed E-state index contributed by atoms with van der Waals surface area (Å²) in [6, 6.07) is 12.4. The van der Waals surface area contributed by atoms with Crippen LogP contribution in [0.5, 0.6) is 0 Å². The zero-order chi connectivity index (χ0) is 12.7. The fraction of sp³-hybridized carbons (Fsp3) is 0. The predicted octanol–water partition coefficient (Wildman–Crippen LogP) is -0.525. The molecule has 1 heterocycles. The maximum absolute atomic E-state index is 9.30. The van der Waals surface area contributed by atoms with Gasteiger partial charge in [0, 0.05) is 28.8 Å². The van der Waals surface area contributed by atoms with E-state index in [-0.39, 0.29) is 12.4 Å². The Bertz CT molecular complexity index is 832. The van der Waals surface area contributed by atoms with Crippen LogP contribution in [0.25, 0.3) is 22.3 Å². The van der Waals surface area contributed by atoms with Crippen LogP contribution < -0.4 is 23.5 Å². The monoisotopic (exact) mass is 270 g/mol. The van der Waals surface area contributed by atoms with Gasteiger partial charge in [0.05, 0.1) is 10.9 Å². The van der Waals surface area contributed by atoms with E-state index in [0.717, 1.165) is 5.39 Å². The molecular formula is C14H9ClN3O-. The lowest BCUT2D eigenvalue weighted by molar-refractivity contribution is -0.00000454. The highest BCUT2D eigenvalue weighted by molar-refractivity contribution is 5.92. The summed E-state index contributed by atoms with van der Waals surface area (Å²) in [4.78, 5) is 0. The van der Waals surface area contributed by atoms with Gasteiger partial charge in [-0.2, -0.15) is 5.26 Å². The lowest BCUT2D eigenvalue weighted by atomic mass is 10.0. The van der Waals surface area contributed by atoms with E-state index in [2.05, 4.69) is 6.07 Å². The van der Waals surface area contributed by atoms with Crippen LogP contribution in [0.2, 0.25) is 0 Å². The van der Waals surface area contributed by atoms with Gasteiger partial charge in [-0.25, -0.2) is 0 Å². The van der Waals surface area contributed by atoms with Crippen LogP contribution in [0.3, 0.4) is 0 Å². The van der Waals surface area contributed by atoms with E-state index in [0.29, 0.717) is 33.5 Å². The molecule has 0 fully saturated rings. The van der Waals surface area contributed by atoms with Gasteiger partial charge in [0.25, 0.3) is 0 Å². The molecule has 0 aromatic heterocycles. The highest BCUT2D eigenvalue weighted by Gasteiger charge is 2.14. The number of rotatable bonds is 0. The molecule has 5 heteroatoms. The van der Waals surface area contributed by atoms with E-state index in [1.807, 2.05) is 0 Å². The van der Waals surface area contributed by atoms with Crippen molar-refractivity contribution in [1.82, 2.24) is 0 Å². The van der Waals surface area contributed by atoms with Gasteiger partial charge < -0.3 is 28.0 Å². The highest BCUT2D eigenvalue weighted by Crippen LogP contribution is 2.32. The Morgan fingerprint density at radius 3 is 2.68 bits per heavy atom. The number of nitriles is 1. The standard InChI is InChI=1S/C14H9N3O.ClH/c15-7-12-10-3-1-8(16)5-13(10)18-14-6-9(17)2-4-11(12)14;/h1-6,16H,17H2;1H/p-1. The van der Waals surface area contributed by atoms with Crippen molar-refractivity contribution in [3.63, 3.8) is 0 Å². The number of benzene rings is 2. The first-order valence-electron chi connectivity index (χ1n) is 5.40. The summed E-state index contributed by atoms with van der Waals surface area (Å²) in [6.07, 6.45) is 0. The normalized spacial score (nSPS) is 10.1. The van der Waals surface area contributed by atoms with Gasteiger partial charge in [-0.05, 0) is 24.3 Å². The third kappa shape index (κ3) is 2.01. The molecule has 1 aliphatic carbocycles. The van der Waals surface area contributed by atoms with Crippen molar-refractivity contribution in [2.45, 2.75) is 0 Å². The van der Waals surface area contributed by atoms with Gasteiger partial charge >= 0.3 is 0 Å². The Morgan fingerprint density at radius 1 is 1.16 bits per heavy atom. The molecular weight excluding hydrogens is 262 g/mol. The third-order valence-electron chi connectivity index (χ3n) is 2.86. The van der Waals surface area contributed by atoms with Crippen LogP contribution in [0, 0.1) is 16.7 Å². The molecule has 0 radical (unpaired) electrons. The fourth-order valence-corrected chi connectivity index (χ4v) is 2.03. The quantitative estimate of drug-likeness (QED) is 0.425. The molecule has 0 atom stereocenters. The Hall–Kier alpha value is -2.51. The number of hydrogen-bond donors (Lipinski definition) is 2. The van der Waals surface area contributed by atoms with Crippen molar-refractivity contribution in [2.75, 3.05) is 5.73 Å². The number of hydrogen-bond acceptors (Lipinski definition) is 4. The van der Waals surface area contributed by atoms with Crippen molar-refractivity contribution >= 4 is 16.7 Å². The Kier molecular flexibility index (Phi) is 3.16. The second kappa shape index (κ2) is 4.63. The topological polar surface area (TPSA) is 86.8 Å². The zero-order valence-corrected chi connectivity index (χ0v) is 10.5. The number of fused-ring (bicyclic) bond motifs is 2. The SMILES string of the molecule is N#Cc1c2ccc(=N)cc-2oc2cc(N)ccc12.[Cl-]. The molecule has 1 aromatic rings. The average Bonchev–Trinajstić information content (AvgIpc) is 2.35. The first-order valence-corrected chi connectivity index (χ1v) is 5.40. The minimum atomic E-state index is 0. The largest absolute Gasteiger partial charge is 1.00 e. The molecule has 1 aliphatic heterocycles. The van der Waals surface area contributed by atoms with Crippen LogP contribution >= 0.6 is 0 Å². The van der Waals surface area contributed by atoms with Gasteiger partial charge in [-0.1, -0.05) is 0 Å². The summed E-state index contributed by atoms with van der Waals surface area (Å²) < 4.78 is 5.70. The second-order valence-electron chi connectivity index (χ2n) is 4.06. The molecule has 0 saturated heterocycles. The van der Waals surface area contributed by atoms with E-state index < -0.39 is 0 Å². The van der Waals surface area contributed by atoms with E-state index in [1.165, 1.54) is 0 Å². The zero-order valence-electron chi connectivity index (χ0n) is 9.77. The van der Waals surface area contributed by atoms with Crippen LogP contribution in [0.1, 0.15) is 5.56 Å². The summed E-state index contributed by atoms with van der Waals surface area (Å²) in [6.45, 7) is 0. The van der Waals surface area contributed by atoms with Crippen LogP contribution in [0.15, 0.2) is 40.8 Å². The molecule has 4 nitrogen and oxygen atoms in total. The molecule has 0 spiro atoms.